The van der Waals surface area contributed by atoms with E-state index < -0.39 is 25.2 Å². The number of ketones is 1. The predicted molar refractivity (Wildman–Crippen MR) is 60.4 cm³/mol. The molecule has 1 aromatic heterocycles. The molecule has 0 saturated carbocycles. The van der Waals surface area contributed by atoms with Crippen LogP contribution in [0.15, 0.2) is 6.20 Å². The van der Waals surface area contributed by atoms with Crippen LogP contribution in [0.5, 0.6) is 5.75 Å². The Balaban J connectivity index is 2.78. The van der Waals surface area contributed by atoms with E-state index in [2.05, 4.69) is 9.84 Å². The molecule has 0 N–H and O–H groups in total. The second-order valence-electron chi connectivity index (χ2n) is 4.13. The summed E-state index contributed by atoms with van der Waals surface area (Å²) in [6.45, 7) is 1.45. The molecule has 8 heteroatoms. The molecular weight excluding hydrogens is 265 g/mol. The van der Waals surface area contributed by atoms with E-state index in [1.54, 1.807) is 13.8 Å². The summed E-state index contributed by atoms with van der Waals surface area (Å²) in [4.78, 5) is 11.9. The van der Waals surface area contributed by atoms with Gasteiger partial charge in [-0.05, 0) is 13.8 Å². The molecule has 0 amide bonds. The van der Waals surface area contributed by atoms with Gasteiger partial charge >= 0.3 is 6.18 Å². The average Bonchev–Trinajstić information content (AvgIpc) is 2.70. The number of rotatable bonds is 6. The highest BCUT2D eigenvalue weighted by Gasteiger charge is 2.29. The second-order valence-corrected chi connectivity index (χ2v) is 4.13. The molecule has 1 rings (SSSR count). The van der Waals surface area contributed by atoms with Crippen LogP contribution in [0, 0.1) is 0 Å². The SMILES string of the molecule is COc1cnn(C(C)C)c1C(=O)COCC(F)(F)F. The molecule has 0 spiro atoms. The van der Waals surface area contributed by atoms with Crippen LogP contribution in [-0.4, -0.2) is 42.1 Å². The molecule has 0 atom stereocenters. The van der Waals surface area contributed by atoms with Gasteiger partial charge < -0.3 is 9.47 Å². The minimum Gasteiger partial charge on any atom is -0.493 e. The van der Waals surface area contributed by atoms with Crippen molar-refractivity contribution >= 4 is 5.78 Å². The third kappa shape index (κ3) is 4.23. The third-order valence-corrected chi connectivity index (χ3v) is 2.23. The molecule has 1 heterocycles. The summed E-state index contributed by atoms with van der Waals surface area (Å²) in [5.41, 5.74) is 0.111. The number of hydrogen-bond acceptors (Lipinski definition) is 4. The van der Waals surface area contributed by atoms with E-state index in [0.29, 0.717) is 0 Å². The minimum atomic E-state index is -4.46. The normalized spacial score (nSPS) is 11.9. The lowest BCUT2D eigenvalue weighted by atomic mass is 10.2. The van der Waals surface area contributed by atoms with E-state index in [-0.39, 0.29) is 17.5 Å². The second kappa shape index (κ2) is 6.05. The zero-order chi connectivity index (χ0) is 14.6. The quantitative estimate of drug-likeness (QED) is 0.750. The first-order valence-electron chi connectivity index (χ1n) is 5.55. The van der Waals surface area contributed by atoms with Gasteiger partial charge in [-0.3, -0.25) is 9.48 Å². The average molecular weight is 280 g/mol. The Morgan fingerprint density at radius 2 is 2.11 bits per heavy atom. The monoisotopic (exact) mass is 280 g/mol. The predicted octanol–water partition coefficient (Wildman–Crippen LogP) is 2.23. The Morgan fingerprint density at radius 1 is 1.47 bits per heavy atom. The number of Topliss-reactive ketones (excluding diaryl/α,β-unsaturated/α-hetero) is 1. The molecule has 0 saturated heterocycles. The zero-order valence-corrected chi connectivity index (χ0v) is 10.8. The van der Waals surface area contributed by atoms with Gasteiger partial charge in [0.25, 0.3) is 0 Å². The molecule has 0 aliphatic heterocycles. The van der Waals surface area contributed by atoms with Gasteiger partial charge in [-0.1, -0.05) is 0 Å². The maximum absolute atomic E-state index is 11.9. The van der Waals surface area contributed by atoms with Crippen LogP contribution in [0.1, 0.15) is 30.4 Å². The Bertz CT molecular complexity index is 441. The maximum atomic E-state index is 11.9. The van der Waals surface area contributed by atoms with Gasteiger partial charge in [0.2, 0.25) is 5.78 Å². The molecule has 0 fully saturated rings. The molecule has 0 bridgehead atoms. The molecule has 1 aromatic rings. The largest absolute Gasteiger partial charge is 0.493 e. The molecule has 0 aliphatic carbocycles. The Morgan fingerprint density at radius 3 is 2.58 bits per heavy atom. The zero-order valence-electron chi connectivity index (χ0n) is 10.8. The number of hydrogen-bond donors (Lipinski definition) is 0. The fraction of sp³-hybridized carbons (Fsp3) is 0.636. The number of nitrogens with zero attached hydrogens (tertiary/aromatic N) is 2. The first kappa shape index (κ1) is 15.5. The fourth-order valence-corrected chi connectivity index (χ4v) is 1.48. The smallest absolute Gasteiger partial charge is 0.411 e. The summed E-state index contributed by atoms with van der Waals surface area (Å²) in [5.74, 6) is -0.387. The van der Waals surface area contributed by atoms with Gasteiger partial charge in [0, 0.05) is 6.04 Å². The lowest BCUT2D eigenvalue weighted by Gasteiger charge is -2.12. The standard InChI is InChI=1S/C11H15F3N2O3/c1-7(2)16-10(9(18-3)4-15-16)8(17)5-19-6-11(12,13)14/h4,7H,5-6H2,1-3H3. The lowest BCUT2D eigenvalue weighted by molar-refractivity contribution is -0.170. The summed E-state index contributed by atoms with van der Waals surface area (Å²) in [6, 6.07) is -0.120. The van der Waals surface area contributed by atoms with E-state index in [0.717, 1.165) is 0 Å². The first-order valence-corrected chi connectivity index (χ1v) is 5.55. The van der Waals surface area contributed by atoms with Gasteiger partial charge in [-0.25, -0.2) is 0 Å². The van der Waals surface area contributed by atoms with E-state index in [1.807, 2.05) is 0 Å². The minimum absolute atomic E-state index is 0.111. The number of alkyl halides is 3. The van der Waals surface area contributed by atoms with Crippen molar-refractivity contribution in [3.8, 4) is 5.75 Å². The van der Waals surface area contributed by atoms with Crippen molar-refractivity contribution in [2.24, 2.45) is 0 Å². The van der Waals surface area contributed by atoms with Crippen LogP contribution < -0.4 is 4.74 Å². The topological polar surface area (TPSA) is 53.4 Å². The number of carbonyl (C=O) groups excluding carboxylic acids is 1. The number of carbonyl (C=O) groups is 1. The van der Waals surface area contributed by atoms with Crippen molar-refractivity contribution in [2.45, 2.75) is 26.1 Å². The Hall–Kier alpha value is -1.57. The number of ether oxygens (including phenoxy) is 2. The highest BCUT2D eigenvalue weighted by Crippen LogP contribution is 2.22. The van der Waals surface area contributed by atoms with E-state index >= 15 is 0 Å². The third-order valence-electron chi connectivity index (χ3n) is 2.23. The van der Waals surface area contributed by atoms with E-state index in [1.165, 1.54) is 18.0 Å². The molecule has 0 aromatic carbocycles. The Kier molecular flexibility index (Phi) is 4.93. The molecular formula is C11H15F3N2O3. The van der Waals surface area contributed by atoms with Crippen molar-refractivity contribution in [1.82, 2.24) is 9.78 Å². The van der Waals surface area contributed by atoms with Crippen molar-refractivity contribution in [3.63, 3.8) is 0 Å². The van der Waals surface area contributed by atoms with Gasteiger partial charge in [0.05, 0.1) is 13.3 Å². The van der Waals surface area contributed by atoms with Crippen molar-refractivity contribution in [3.05, 3.63) is 11.9 Å². The van der Waals surface area contributed by atoms with Gasteiger partial charge in [-0.15, -0.1) is 0 Å². The first-order chi connectivity index (χ1) is 8.76. The summed E-state index contributed by atoms with van der Waals surface area (Å²) in [5, 5.41) is 3.96. The lowest BCUT2D eigenvalue weighted by Crippen LogP contribution is -2.22. The number of methoxy groups -OCH3 is 1. The number of aromatic nitrogens is 2. The molecule has 0 aliphatic rings. The van der Waals surface area contributed by atoms with Crippen LogP contribution in [0.4, 0.5) is 13.2 Å². The Labute approximate surface area is 108 Å². The summed E-state index contributed by atoms with van der Waals surface area (Å²) >= 11 is 0. The maximum Gasteiger partial charge on any atom is 0.411 e. The van der Waals surface area contributed by atoms with E-state index in [9.17, 15) is 18.0 Å². The van der Waals surface area contributed by atoms with E-state index in [4.69, 9.17) is 4.74 Å². The van der Waals surface area contributed by atoms with Gasteiger partial charge in [0.1, 0.15) is 18.9 Å². The summed E-state index contributed by atoms with van der Waals surface area (Å²) in [6.07, 6.45) is -3.11. The van der Waals surface area contributed by atoms with Crippen molar-refractivity contribution < 1.29 is 27.4 Å². The summed E-state index contributed by atoms with van der Waals surface area (Å²) in [7, 11) is 1.36. The van der Waals surface area contributed by atoms with Gasteiger partial charge in [-0.2, -0.15) is 18.3 Å². The van der Waals surface area contributed by atoms with Crippen LogP contribution in [0.2, 0.25) is 0 Å². The molecule has 19 heavy (non-hydrogen) atoms. The van der Waals surface area contributed by atoms with Crippen LogP contribution in [-0.2, 0) is 4.74 Å². The van der Waals surface area contributed by atoms with Crippen LogP contribution in [0.25, 0.3) is 0 Å². The summed E-state index contributed by atoms with van der Waals surface area (Å²) < 4.78 is 46.5. The van der Waals surface area contributed by atoms with Crippen molar-refractivity contribution in [1.29, 1.82) is 0 Å². The van der Waals surface area contributed by atoms with Crippen molar-refractivity contribution in [2.75, 3.05) is 20.3 Å². The van der Waals surface area contributed by atoms with Crippen LogP contribution >= 0.6 is 0 Å². The fourth-order valence-electron chi connectivity index (χ4n) is 1.48. The highest BCUT2D eigenvalue weighted by atomic mass is 19.4. The highest BCUT2D eigenvalue weighted by molar-refractivity contribution is 5.98. The molecule has 0 unspecified atom stereocenters. The van der Waals surface area contributed by atoms with Gasteiger partial charge in [0.15, 0.2) is 5.75 Å². The molecule has 108 valence electrons. The molecule has 0 radical (unpaired) electrons. The molecule has 5 nitrogen and oxygen atoms in total. The van der Waals surface area contributed by atoms with Crippen LogP contribution in [0.3, 0.4) is 0 Å². The number of halogens is 3.